The molecule has 1 saturated heterocycles. The highest BCUT2D eigenvalue weighted by molar-refractivity contribution is 9.10. The van der Waals surface area contributed by atoms with Crippen molar-refractivity contribution in [1.29, 1.82) is 0 Å². The fraction of sp³-hybridized carbons (Fsp3) is 0.500. The molecule has 1 atom stereocenters. The van der Waals surface area contributed by atoms with Gasteiger partial charge in [-0.1, -0.05) is 0 Å². The second-order valence-electron chi connectivity index (χ2n) is 4.42. The first kappa shape index (κ1) is 13.3. The number of nitrogens with two attached hydrogens (primary N) is 1. The van der Waals surface area contributed by atoms with E-state index in [2.05, 4.69) is 20.9 Å². The minimum atomic E-state index is -0.102. The van der Waals surface area contributed by atoms with Crippen LogP contribution >= 0.6 is 15.9 Å². The molecular formula is C12H16BrN3O2. The van der Waals surface area contributed by atoms with Crippen molar-refractivity contribution in [2.75, 3.05) is 18.9 Å². The summed E-state index contributed by atoms with van der Waals surface area (Å²) in [5.74, 6) is 0.217. The van der Waals surface area contributed by atoms with Crippen LogP contribution in [0.5, 0.6) is 0 Å². The Morgan fingerprint density at radius 1 is 1.61 bits per heavy atom. The zero-order valence-corrected chi connectivity index (χ0v) is 11.6. The summed E-state index contributed by atoms with van der Waals surface area (Å²) < 4.78 is 0.629. The average Bonchev–Trinajstić information content (AvgIpc) is 2.40. The summed E-state index contributed by atoms with van der Waals surface area (Å²) in [6.45, 7) is 0.683. The van der Waals surface area contributed by atoms with Crippen LogP contribution < -0.4 is 5.73 Å². The number of aliphatic hydroxyl groups is 1. The maximum absolute atomic E-state index is 12.4. The number of amides is 1. The molecule has 0 radical (unpaired) electrons. The number of halogens is 1. The number of hydrogen-bond acceptors (Lipinski definition) is 4. The van der Waals surface area contributed by atoms with Gasteiger partial charge in [0.25, 0.3) is 5.91 Å². The molecule has 6 heteroatoms. The quantitative estimate of drug-likeness (QED) is 0.865. The topological polar surface area (TPSA) is 79.5 Å². The number of nitrogens with zero attached hydrogens (tertiary/aromatic N) is 2. The van der Waals surface area contributed by atoms with Gasteiger partial charge in [0.15, 0.2) is 0 Å². The van der Waals surface area contributed by atoms with Gasteiger partial charge in [-0.25, -0.2) is 4.98 Å². The molecule has 1 aliphatic rings. The van der Waals surface area contributed by atoms with Crippen LogP contribution in [0.4, 0.5) is 5.82 Å². The Hall–Kier alpha value is -1.14. The Balaban J connectivity index is 2.26. The number of pyridine rings is 1. The van der Waals surface area contributed by atoms with Crippen molar-refractivity contribution < 1.29 is 9.90 Å². The number of likely N-dealkylation sites (tertiary alicyclic amines) is 1. The smallest absolute Gasteiger partial charge is 0.255 e. The number of aliphatic hydroxyl groups excluding tert-OH is 1. The van der Waals surface area contributed by atoms with E-state index in [1.807, 2.05) is 0 Å². The summed E-state index contributed by atoms with van der Waals surface area (Å²) in [6, 6.07) is 1.47. The molecule has 98 valence electrons. The second kappa shape index (κ2) is 5.67. The Bertz CT molecular complexity index is 453. The monoisotopic (exact) mass is 313 g/mol. The first-order valence-corrected chi connectivity index (χ1v) is 6.75. The molecule has 1 aromatic rings. The predicted molar refractivity (Wildman–Crippen MR) is 72.1 cm³/mol. The molecule has 0 aliphatic carbocycles. The van der Waals surface area contributed by atoms with Gasteiger partial charge in [0, 0.05) is 17.2 Å². The molecule has 0 spiro atoms. The zero-order chi connectivity index (χ0) is 13.1. The standard InChI is InChI=1S/C12H16BrN3O2/c13-10-6-15-11(14)5-9(10)12(18)16-4-2-1-3-8(16)7-17/h5-6,8,17H,1-4,7H2,(H2,14,15). The van der Waals surface area contributed by atoms with E-state index in [9.17, 15) is 9.90 Å². The Morgan fingerprint density at radius 2 is 2.39 bits per heavy atom. The van der Waals surface area contributed by atoms with Crippen LogP contribution in [0, 0.1) is 0 Å². The van der Waals surface area contributed by atoms with Crippen molar-refractivity contribution in [3.63, 3.8) is 0 Å². The summed E-state index contributed by atoms with van der Waals surface area (Å²) in [5.41, 5.74) is 6.11. The third-order valence-electron chi connectivity index (χ3n) is 3.21. The number of carbonyl (C=O) groups excluding carboxylic acids is 1. The lowest BCUT2D eigenvalue weighted by Crippen LogP contribution is -2.45. The molecule has 2 rings (SSSR count). The van der Waals surface area contributed by atoms with Gasteiger partial charge in [-0.3, -0.25) is 4.79 Å². The maximum atomic E-state index is 12.4. The zero-order valence-electron chi connectivity index (χ0n) is 9.97. The van der Waals surface area contributed by atoms with Crippen molar-refractivity contribution in [1.82, 2.24) is 9.88 Å². The van der Waals surface area contributed by atoms with Crippen LogP contribution in [0.15, 0.2) is 16.7 Å². The first-order valence-electron chi connectivity index (χ1n) is 5.96. The Kier molecular flexibility index (Phi) is 4.19. The molecule has 3 N–H and O–H groups in total. The number of carbonyl (C=O) groups is 1. The summed E-state index contributed by atoms with van der Waals surface area (Å²) in [7, 11) is 0. The first-order chi connectivity index (χ1) is 8.63. The van der Waals surface area contributed by atoms with Crippen molar-refractivity contribution >= 4 is 27.7 Å². The van der Waals surface area contributed by atoms with E-state index in [1.165, 1.54) is 6.20 Å². The second-order valence-corrected chi connectivity index (χ2v) is 5.27. The molecule has 0 aromatic carbocycles. The maximum Gasteiger partial charge on any atom is 0.255 e. The van der Waals surface area contributed by atoms with Gasteiger partial charge < -0.3 is 15.7 Å². The molecule has 1 amide bonds. The van der Waals surface area contributed by atoms with Gasteiger partial charge in [-0.05, 0) is 41.3 Å². The van der Waals surface area contributed by atoms with Gasteiger partial charge in [0.05, 0.1) is 18.2 Å². The van der Waals surface area contributed by atoms with Crippen molar-refractivity contribution in [3.05, 3.63) is 22.3 Å². The summed E-state index contributed by atoms with van der Waals surface area (Å²) in [6.07, 6.45) is 4.40. The van der Waals surface area contributed by atoms with Crippen molar-refractivity contribution in [2.24, 2.45) is 0 Å². The van der Waals surface area contributed by atoms with Gasteiger partial charge in [0.2, 0.25) is 0 Å². The highest BCUT2D eigenvalue weighted by atomic mass is 79.9. The molecule has 0 saturated carbocycles. The Morgan fingerprint density at radius 3 is 3.11 bits per heavy atom. The molecule has 0 bridgehead atoms. The Labute approximate surface area is 114 Å². The molecule has 5 nitrogen and oxygen atoms in total. The SMILES string of the molecule is Nc1cc(C(=O)N2CCCCC2CO)c(Br)cn1. The van der Waals surface area contributed by atoms with E-state index in [0.29, 0.717) is 22.4 Å². The minimum Gasteiger partial charge on any atom is -0.394 e. The summed E-state index contributed by atoms with van der Waals surface area (Å²) in [5, 5.41) is 9.34. The third kappa shape index (κ3) is 2.64. The third-order valence-corrected chi connectivity index (χ3v) is 3.84. The highest BCUT2D eigenvalue weighted by Gasteiger charge is 2.28. The molecule has 18 heavy (non-hydrogen) atoms. The van der Waals surface area contributed by atoms with E-state index in [-0.39, 0.29) is 18.6 Å². The van der Waals surface area contributed by atoms with E-state index >= 15 is 0 Å². The molecule has 1 aliphatic heterocycles. The summed E-state index contributed by atoms with van der Waals surface area (Å²) >= 11 is 3.31. The average molecular weight is 314 g/mol. The van der Waals surface area contributed by atoms with E-state index in [4.69, 9.17) is 5.73 Å². The number of hydrogen-bond donors (Lipinski definition) is 2. The van der Waals surface area contributed by atoms with Crippen molar-refractivity contribution in [3.8, 4) is 0 Å². The largest absolute Gasteiger partial charge is 0.394 e. The van der Waals surface area contributed by atoms with Crippen LogP contribution in [0.3, 0.4) is 0 Å². The van der Waals surface area contributed by atoms with Crippen LogP contribution in [0.2, 0.25) is 0 Å². The highest BCUT2D eigenvalue weighted by Crippen LogP contribution is 2.24. The van der Waals surface area contributed by atoms with E-state index < -0.39 is 0 Å². The van der Waals surface area contributed by atoms with Gasteiger partial charge >= 0.3 is 0 Å². The van der Waals surface area contributed by atoms with Crippen LogP contribution in [-0.2, 0) is 0 Å². The lowest BCUT2D eigenvalue weighted by atomic mass is 10.0. The fourth-order valence-corrected chi connectivity index (χ4v) is 2.62. The van der Waals surface area contributed by atoms with Crippen LogP contribution in [-0.4, -0.2) is 40.1 Å². The molecule has 1 aromatic heterocycles. The van der Waals surface area contributed by atoms with E-state index in [1.54, 1.807) is 11.0 Å². The van der Waals surface area contributed by atoms with Gasteiger partial charge in [0.1, 0.15) is 5.82 Å². The van der Waals surface area contributed by atoms with Crippen molar-refractivity contribution in [2.45, 2.75) is 25.3 Å². The lowest BCUT2D eigenvalue weighted by Gasteiger charge is -2.34. The molecule has 2 heterocycles. The van der Waals surface area contributed by atoms with Gasteiger partial charge in [-0.15, -0.1) is 0 Å². The minimum absolute atomic E-state index is 0.00389. The van der Waals surface area contributed by atoms with Crippen LogP contribution in [0.25, 0.3) is 0 Å². The number of anilines is 1. The number of rotatable bonds is 2. The fourth-order valence-electron chi connectivity index (χ4n) is 2.23. The van der Waals surface area contributed by atoms with E-state index in [0.717, 1.165) is 19.3 Å². The van der Waals surface area contributed by atoms with Crippen LogP contribution in [0.1, 0.15) is 29.6 Å². The number of nitrogen functional groups attached to an aromatic ring is 1. The van der Waals surface area contributed by atoms with Gasteiger partial charge in [-0.2, -0.15) is 0 Å². The molecule has 1 unspecified atom stereocenters. The molecular weight excluding hydrogens is 298 g/mol. The molecule has 1 fully saturated rings. The number of piperidine rings is 1. The lowest BCUT2D eigenvalue weighted by molar-refractivity contribution is 0.0502. The summed E-state index contributed by atoms with van der Waals surface area (Å²) in [4.78, 5) is 18.1. The predicted octanol–water partition coefficient (Wildman–Crippen LogP) is 1.41. The normalized spacial score (nSPS) is 19.9. The number of aromatic nitrogens is 1.